The molecule has 0 bridgehead atoms. The Morgan fingerprint density at radius 2 is 1.93 bits per heavy atom. The van der Waals surface area contributed by atoms with E-state index in [9.17, 15) is 9.18 Å². The van der Waals surface area contributed by atoms with E-state index in [1.54, 1.807) is 19.1 Å². The van der Waals surface area contributed by atoms with Crippen molar-refractivity contribution < 1.29 is 9.18 Å². The van der Waals surface area contributed by atoms with Crippen molar-refractivity contribution in [2.75, 3.05) is 11.2 Å². The van der Waals surface area contributed by atoms with Gasteiger partial charge in [0.25, 0.3) is 0 Å². The van der Waals surface area contributed by atoms with Crippen molar-refractivity contribution >= 4 is 23.4 Å². The Balaban J connectivity index is 1.44. The van der Waals surface area contributed by atoms with Gasteiger partial charge in [-0.3, -0.25) is 4.79 Å². The highest BCUT2D eigenvalue weighted by Crippen LogP contribution is 2.27. The summed E-state index contributed by atoms with van der Waals surface area (Å²) in [4.78, 5) is 12.6. The first kappa shape index (κ1) is 18.5. The van der Waals surface area contributed by atoms with E-state index in [2.05, 4.69) is 27.6 Å². The fourth-order valence-electron chi connectivity index (χ4n) is 3.26. The van der Waals surface area contributed by atoms with Gasteiger partial charge in [-0.15, -0.1) is 10.2 Å². The molecular weight excluding hydrogens is 377 g/mol. The van der Waals surface area contributed by atoms with Gasteiger partial charge in [-0.25, -0.2) is 9.07 Å². The van der Waals surface area contributed by atoms with Crippen molar-refractivity contribution in [1.29, 1.82) is 0 Å². The van der Waals surface area contributed by atoms with E-state index in [0.29, 0.717) is 16.5 Å². The molecule has 1 aliphatic carbocycles. The molecule has 0 saturated carbocycles. The number of nitrogen functional groups attached to an aromatic ring is 1. The fourth-order valence-corrected chi connectivity index (χ4v) is 4.03. The Labute approximate surface area is 166 Å². The second-order valence-electron chi connectivity index (χ2n) is 6.77. The molecule has 4 rings (SSSR count). The summed E-state index contributed by atoms with van der Waals surface area (Å²) in [7, 11) is 0. The number of carbonyl (C=O) groups excluding carboxylic acids is 1. The van der Waals surface area contributed by atoms with Crippen molar-refractivity contribution in [1.82, 2.24) is 14.9 Å². The Morgan fingerprint density at radius 1 is 1.18 bits per heavy atom. The maximum absolute atomic E-state index is 13.1. The lowest BCUT2D eigenvalue weighted by Gasteiger charge is -2.12. The SMILES string of the molecule is C[C@H](Sc1nnc(-c2ccc(F)cc2)n1N)C(=O)Nc1ccc2c(c1)CCC2. The van der Waals surface area contributed by atoms with Crippen LogP contribution in [0, 0.1) is 5.82 Å². The van der Waals surface area contributed by atoms with E-state index in [0.717, 1.165) is 18.5 Å². The van der Waals surface area contributed by atoms with E-state index in [4.69, 9.17) is 5.84 Å². The number of carbonyl (C=O) groups is 1. The number of halogens is 1. The summed E-state index contributed by atoms with van der Waals surface area (Å²) in [6.07, 6.45) is 3.34. The molecular formula is C20H20FN5OS. The van der Waals surface area contributed by atoms with Gasteiger partial charge in [-0.05, 0) is 73.7 Å². The molecule has 1 aromatic heterocycles. The van der Waals surface area contributed by atoms with Gasteiger partial charge in [0.05, 0.1) is 5.25 Å². The number of nitrogens with one attached hydrogen (secondary N) is 1. The lowest BCUT2D eigenvalue weighted by molar-refractivity contribution is -0.115. The standard InChI is InChI=1S/C20H20FN5OS/c1-12(19(27)23-17-10-7-13-3-2-4-15(13)11-17)28-20-25-24-18(26(20)22)14-5-8-16(21)9-6-14/h5-12H,2-4,22H2,1H3,(H,23,27)/t12-/m0/s1. The number of anilines is 1. The van der Waals surface area contributed by atoms with Gasteiger partial charge in [0.15, 0.2) is 5.82 Å². The van der Waals surface area contributed by atoms with Crippen LogP contribution in [0.2, 0.25) is 0 Å². The number of nitrogens with two attached hydrogens (primary N) is 1. The highest BCUT2D eigenvalue weighted by Gasteiger charge is 2.21. The maximum atomic E-state index is 13.1. The van der Waals surface area contributed by atoms with Crippen LogP contribution in [0.1, 0.15) is 24.5 Å². The van der Waals surface area contributed by atoms with Gasteiger partial charge in [-0.1, -0.05) is 17.8 Å². The molecule has 8 heteroatoms. The molecule has 144 valence electrons. The lowest BCUT2D eigenvalue weighted by Crippen LogP contribution is -2.23. The van der Waals surface area contributed by atoms with Crippen LogP contribution in [0.15, 0.2) is 47.6 Å². The molecule has 2 aromatic carbocycles. The number of nitrogens with zero attached hydrogens (tertiary/aromatic N) is 3. The van der Waals surface area contributed by atoms with Crippen molar-refractivity contribution in [3.63, 3.8) is 0 Å². The van der Waals surface area contributed by atoms with Gasteiger partial charge in [-0.2, -0.15) is 0 Å². The number of rotatable bonds is 5. The molecule has 3 aromatic rings. The van der Waals surface area contributed by atoms with E-state index < -0.39 is 5.25 Å². The van der Waals surface area contributed by atoms with Gasteiger partial charge < -0.3 is 11.2 Å². The van der Waals surface area contributed by atoms with Gasteiger partial charge >= 0.3 is 0 Å². The first-order chi connectivity index (χ1) is 13.5. The summed E-state index contributed by atoms with van der Waals surface area (Å²) >= 11 is 1.22. The highest BCUT2D eigenvalue weighted by atomic mass is 32.2. The zero-order valence-electron chi connectivity index (χ0n) is 15.4. The first-order valence-corrected chi connectivity index (χ1v) is 9.95. The average molecular weight is 397 g/mol. The molecule has 1 atom stereocenters. The summed E-state index contributed by atoms with van der Waals surface area (Å²) in [5.41, 5.74) is 4.13. The van der Waals surface area contributed by atoms with Crippen LogP contribution in [0.5, 0.6) is 0 Å². The highest BCUT2D eigenvalue weighted by molar-refractivity contribution is 8.00. The Bertz CT molecular complexity index is 1020. The minimum atomic E-state index is -0.416. The Hall–Kier alpha value is -2.87. The van der Waals surface area contributed by atoms with Crippen LogP contribution in [0.3, 0.4) is 0 Å². The van der Waals surface area contributed by atoms with E-state index in [-0.39, 0.29) is 11.7 Å². The molecule has 0 unspecified atom stereocenters. The zero-order chi connectivity index (χ0) is 19.7. The molecule has 0 saturated heterocycles. The van der Waals surface area contributed by atoms with Gasteiger partial charge in [0.2, 0.25) is 11.1 Å². The molecule has 0 aliphatic heterocycles. The number of aryl methyl sites for hydroxylation is 2. The largest absolute Gasteiger partial charge is 0.335 e. The zero-order valence-corrected chi connectivity index (χ0v) is 16.2. The second kappa shape index (κ2) is 7.63. The van der Waals surface area contributed by atoms with Crippen LogP contribution < -0.4 is 11.2 Å². The van der Waals surface area contributed by atoms with Gasteiger partial charge in [0.1, 0.15) is 5.82 Å². The normalized spacial score (nSPS) is 13.9. The molecule has 6 nitrogen and oxygen atoms in total. The third-order valence-electron chi connectivity index (χ3n) is 4.78. The molecule has 0 spiro atoms. The molecule has 3 N–H and O–H groups in total. The van der Waals surface area contributed by atoms with Crippen LogP contribution >= 0.6 is 11.8 Å². The summed E-state index contributed by atoms with van der Waals surface area (Å²) in [5.74, 6) is 6.03. The lowest BCUT2D eigenvalue weighted by atomic mass is 10.1. The average Bonchev–Trinajstić information content (AvgIpc) is 3.29. The summed E-state index contributed by atoms with van der Waals surface area (Å²) in [5, 5.41) is 11.1. The third kappa shape index (κ3) is 3.73. The van der Waals surface area contributed by atoms with E-state index in [1.165, 1.54) is 46.1 Å². The van der Waals surface area contributed by atoms with Crippen molar-refractivity contribution in [3.8, 4) is 11.4 Å². The molecule has 1 aliphatic rings. The summed E-state index contributed by atoms with van der Waals surface area (Å²) in [6, 6.07) is 11.9. The number of thioether (sulfide) groups is 1. The molecule has 28 heavy (non-hydrogen) atoms. The first-order valence-electron chi connectivity index (χ1n) is 9.07. The number of amides is 1. The quantitative estimate of drug-likeness (QED) is 0.509. The Kier molecular flexibility index (Phi) is 5.04. The van der Waals surface area contributed by atoms with Crippen molar-refractivity contribution in [2.24, 2.45) is 0 Å². The molecule has 0 fully saturated rings. The van der Waals surface area contributed by atoms with Crippen LogP contribution in [-0.2, 0) is 17.6 Å². The topological polar surface area (TPSA) is 85.8 Å². The second-order valence-corrected chi connectivity index (χ2v) is 8.08. The number of benzene rings is 2. The molecule has 1 heterocycles. The summed E-state index contributed by atoms with van der Waals surface area (Å²) in [6.45, 7) is 1.79. The van der Waals surface area contributed by atoms with Crippen molar-refractivity contribution in [2.45, 2.75) is 36.6 Å². The number of fused-ring (bicyclic) bond motifs is 1. The minimum Gasteiger partial charge on any atom is -0.335 e. The smallest absolute Gasteiger partial charge is 0.237 e. The number of hydrogen-bond acceptors (Lipinski definition) is 5. The van der Waals surface area contributed by atoms with E-state index >= 15 is 0 Å². The minimum absolute atomic E-state index is 0.130. The molecule has 0 radical (unpaired) electrons. The van der Waals surface area contributed by atoms with E-state index in [1.807, 2.05) is 6.07 Å². The predicted octanol–water partition coefficient (Wildman–Crippen LogP) is 3.41. The third-order valence-corrected chi connectivity index (χ3v) is 5.84. The Morgan fingerprint density at radius 3 is 2.71 bits per heavy atom. The van der Waals surface area contributed by atoms with Crippen LogP contribution in [0.25, 0.3) is 11.4 Å². The van der Waals surface area contributed by atoms with Gasteiger partial charge in [0, 0.05) is 11.3 Å². The number of hydrogen-bond donors (Lipinski definition) is 2. The monoisotopic (exact) mass is 397 g/mol. The fraction of sp³-hybridized carbons (Fsp3) is 0.250. The molecule has 1 amide bonds. The summed E-state index contributed by atoms with van der Waals surface area (Å²) < 4.78 is 14.4. The van der Waals surface area contributed by atoms with Crippen LogP contribution in [-0.4, -0.2) is 26.0 Å². The number of aromatic nitrogens is 3. The maximum Gasteiger partial charge on any atom is 0.237 e. The van der Waals surface area contributed by atoms with Crippen molar-refractivity contribution in [3.05, 3.63) is 59.4 Å². The van der Waals surface area contributed by atoms with Crippen LogP contribution in [0.4, 0.5) is 10.1 Å². The predicted molar refractivity (Wildman–Crippen MR) is 108 cm³/mol.